The predicted molar refractivity (Wildman–Crippen MR) is 66.9 cm³/mol. The Bertz CT molecular complexity index is 572. The number of hydrogen-bond donors (Lipinski definition) is 1. The van der Waals surface area contributed by atoms with Gasteiger partial charge in [0.05, 0.1) is 46.1 Å². The molecule has 0 aromatic carbocycles. The molecule has 0 spiro atoms. The third kappa shape index (κ3) is 5.82. The number of carbonyl (C=O) groups is 2. The number of carboxylic acid groups (broad SMARTS) is 1. The molecule has 5 nitrogen and oxygen atoms in total. The fourth-order valence-electron chi connectivity index (χ4n) is 1.55. The maximum absolute atomic E-state index is 12.0. The molecule has 0 aromatic rings. The number of carbonyl (C=O) groups excluding carboxylic acids is 1. The highest BCUT2D eigenvalue weighted by molar-refractivity contribution is 5.72. The molecule has 0 bridgehead atoms. The van der Waals surface area contributed by atoms with Crippen LogP contribution in [0.3, 0.4) is 0 Å². The monoisotopic (exact) mass is 265 g/mol. The Hall–Kier alpha value is -1.36. The molecule has 1 fully saturated rings. The van der Waals surface area contributed by atoms with Crippen LogP contribution in [0.4, 0.5) is 0 Å². The Labute approximate surface area is 120 Å². The average Bonchev–Trinajstić information content (AvgIpc) is 3.05. The number of quaternary nitrogens is 1. The van der Waals surface area contributed by atoms with Gasteiger partial charge in [0.15, 0.2) is 6.10 Å². The minimum Gasteiger partial charge on any atom is -0.481 e. The first-order chi connectivity index (χ1) is 11.9. The number of carboxylic acids is 1. The van der Waals surface area contributed by atoms with Crippen LogP contribution in [-0.2, 0) is 14.3 Å². The molecule has 5 heteroatoms. The van der Waals surface area contributed by atoms with Gasteiger partial charge in [-0.1, -0.05) is 12.2 Å². The van der Waals surface area contributed by atoms with E-state index < -0.39 is 56.4 Å². The maximum atomic E-state index is 12.0. The van der Waals surface area contributed by atoms with Crippen molar-refractivity contribution >= 4 is 11.9 Å². The second-order valence-corrected chi connectivity index (χ2v) is 4.47. The van der Waals surface area contributed by atoms with Crippen LogP contribution in [0.5, 0.6) is 0 Å². The Morgan fingerprint density at radius 3 is 2.67 bits per heavy atom. The van der Waals surface area contributed by atoms with E-state index in [4.69, 9.17) is 22.2 Å². The molecule has 18 heavy (non-hydrogen) atoms. The molecule has 2 atom stereocenters. The van der Waals surface area contributed by atoms with E-state index in [0.29, 0.717) is 6.42 Å². The molecule has 1 N–H and O–H groups in total. The first kappa shape index (κ1) is 6.19. The van der Waals surface area contributed by atoms with E-state index in [9.17, 15) is 9.59 Å². The molecule has 1 saturated carbocycles. The first-order valence-corrected chi connectivity index (χ1v) is 5.39. The van der Waals surface area contributed by atoms with Crippen LogP contribution in [0.15, 0.2) is 12.2 Å². The minimum absolute atomic E-state index is 0.121. The summed E-state index contributed by atoms with van der Waals surface area (Å²) in [6, 6.07) is 0. The van der Waals surface area contributed by atoms with Crippen molar-refractivity contribution in [3.05, 3.63) is 12.2 Å². The molecule has 0 radical (unpaired) electrons. The number of nitrogens with zero attached hydrogens (tertiary/aromatic N) is 1. The van der Waals surface area contributed by atoms with E-state index >= 15 is 0 Å². The Balaban J connectivity index is 3.22. The van der Waals surface area contributed by atoms with Gasteiger partial charge in [0.2, 0.25) is 0 Å². The van der Waals surface area contributed by atoms with Crippen LogP contribution in [0.25, 0.3) is 0 Å². The molecule has 102 valence electrons. The number of hydrogen-bond acceptors (Lipinski definition) is 3. The summed E-state index contributed by atoms with van der Waals surface area (Å²) in [5.41, 5.74) is 0.805. The summed E-state index contributed by atoms with van der Waals surface area (Å²) < 4.78 is 70.5. The fraction of sp³-hybridized carbons (Fsp3) is 0.692. The summed E-state index contributed by atoms with van der Waals surface area (Å²) in [6.07, 6.45) is -2.20. The number of ether oxygens (including phenoxy) is 1. The van der Waals surface area contributed by atoms with E-state index in [2.05, 4.69) is 6.58 Å². The van der Waals surface area contributed by atoms with Crippen molar-refractivity contribution in [2.45, 2.75) is 25.4 Å². The van der Waals surface area contributed by atoms with E-state index in [1.54, 1.807) is 0 Å². The predicted octanol–water partition coefficient (Wildman–Crippen LogP) is 1.05. The van der Waals surface area contributed by atoms with Crippen molar-refractivity contribution in [3.8, 4) is 0 Å². The zero-order valence-electron chi connectivity index (χ0n) is 18.8. The summed E-state index contributed by atoms with van der Waals surface area (Å²) in [6.45, 7) is -8.23. The second kappa shape index (κ2) is 5.52. The topological polar surface area (TPSA) is 63.6 Å². The van der Waals surface area contributed by atoms with Gasteiger partial charge in [0.25, 0.3) is 0 Å². The van der Waals surface area contributed by atoms with Gasteiger partial charge in [-0.05, 0) is 12.3 Å². The molecular formula is C13H22NO4+. The van der Waals surface area contributed by atoms with Gasteiger partial charge in [-0.2, -0.15) is 0 Å². The highest BCUT2D eigenvalue weighted by Crippen LogP contribution is 2.38. The third-order valence-electron chi connectivity index (χ3n) is 2.52. The number of esters is 1. The average molecular weight is 265 g/mol. The molecule has 0 aromatic heterocycles. The van der Waals surface area contributed by atoms with Gasteiger partial charge < -0.3 is 14.3 Å². The molecule has 0 heterocycles. The fourth-order valence-corrected chi connectivity index (χ4v) is 1.55. The second-order valence-electron chi connectivity index (χ2n) is 4.47. The van der Waals surface area contributed by atoms with Gasteiger partial charge in [-0.25, -0.2) is 0 Å². The van der Waals surface area contributed by atoms with Crippen molar-refractivity contribution in [1.82, 2.24) is 0 Å². The normalized spacial score (nSPS) is 29.9. The first-order valence-electron chi connectivity index (χ1n) is 9.89. The maximum Gasteiger partial charge on any atom is 0.307 e. The van der Waals surface area contributed by atoms with Gasteiger partial charge in [0, 0.05) is 0 Å². The zero-order valence-corrected chi connectivity index (χ0v) is 9.81. The van der Waals surface area contributed by atoms with Crippen LogP contribution in [0.2, 0.25) is 0 Å². The molecule has 1 rings (SSSR count). The van der Waals surface area contributed by atoms with E-state index in [0.717, 1.165) is 5.57 Å². The molecule has 1 aliphatic rings. The SMILES string of the molecule is [2H]C([2H])([2H])[N+](C[C@@H](CC(=O)O)OC(=O)CC1CC1=C)(C([2H])([2H])[2H])C([2H])([2H])[2H]. The Morgan fingerprint density at radius 1 is 1.61 bits per heavy atom. The van der Waals surface area contributed by atoms with Crippen molar-refractivity contribution in [2.24, 2.45) is 5.92 Å². The van der Waals surface area contributed by atoms with Crippen LogP contribution < -0.4 is 0 Å². The highest BCUT2D eigenvalue weighted by Gasteiger charge is 2.32. The third-order valence-corrected chi connectivity index (χ3v) is 2.52. The lowest BCUT2D eigenvalue weighted by Gasteiger charge is -2.28. The Kier molecular flexibility index (Phi) is 1.90. The lowest BCUT2D eigenvalue weighted by molar-refractivity contribution is -0.873. The van der Waals surface area contributed by atoms with Crippen LogP contribution in [-0.4, -0.2) is 55.1 Å². The number of aliphatic carboxylic acids is 1. The molecule has 1 aliphatic carbocycles. The highest BCUT2D eigenvalue weighted by atomic mass is 16.5. The quantitative estimate of drug-likeness (QED) is 0.424. The molecule has 0 amide bonds. The van der Waals surface area contributed by atoms with E-state index in [1.165, 1.54) is 0 Å². The summed E-state index contributed by atoms with van der Waals surface area (Å²) in [5, 5.41) is 9.00. The molecule has 1 unspecified atom stereocenters. The summed E-state index contributed by atoms with van der Waals surface area (Å²) in [5.74, 6) is -2.50. The van der Waals surface area contributed by atoms with Gasteiger partial charge in [-0.15, -0.1) is 0 Å². The lowest BCUT2D eigenvalue weighted by atomic mass is 10.2. The van der Waals surface area contributed by atoms with E-state index in [1.807, 2.05) is 0 Å². The van der Waals surface area contributed by atoms with Crippen LogP contribution in [0, 0.1) is 5.92 Å². The summed E-state index contributed by atoms with van der Waals surface area (Å²) >= 11 is 0. The van der Waals surface area contributed by atoms with Crippen molar-refractivity contribution in [1.29, 1.82) is 0 Å². The van der Waals surface area contributed by atoms with Gasteiger partial charge in [0.1, 0.15) is 6.54 Å². The Morgan fingerprint density at radius 2 is 2.22 bits per heavy atom. The van der Waals surface area contributed by atoms with Crippen LogP contribution >= 0.6 is 0 Å². The summed E-state index contributed by atoms with van der Waals surface area (Å²) in [4.78, 5) is 23.1. The van der Waals surface area contributed by atoms with Crippen LogP contribution in [0.1, 0.15) is 31.6 Å². The van der Waals surface area contributed by atoms with Crippen molar-refractivity contribution in [2.75, 3.05) is 27.5 Å². The number of allylic oxidation sites excluding steroid dienone is 1. The minimum atomic E-state index is -3.55. The largest absolute Gasteiger partial charge is 0.481 e. The molecular weight excluding hydrogens is 234 g/mol. The smallest absolute Gasteiger partial charge is 0.307 e. The van der Waals surface area contributed by atoms with Gasteiger partial charge in [-0.3, -0.25) is 9.59 Å². The number of rotatable bonds is 7. The molecule has 0 aliphatic heterocycles. The lowest BCUT2D eigenvalue weighted by Crippen LogP contribution is -2.43. The summed E-state index contributed by atoms with van der Waals surface area (Å²) in [7, 11) is 0. The molecule has 0 saturated heterocycles. The van der Waals surface area contributed by atoms with E-state index in [-0.39, 0.29) is 12.3 Å². The zero-order chi connectivity index (χ0) is 21.4. The van der Waals surface area contributed by atoms with Crippen molar-refractivity contribution in [3.63, 3.8) is 0 Å². The number of likely N-dealkylation sites (N-methyl/N-ethyl adjacent to an activating group) is 1. The standard InChI is InChI=1S/C13H21NO4/c1-9-5-10(9)6-13(17)18-11(7-12(15)16)8-14(2,3)4/h10-11H,1,5-8H2,2-4H3/p+1/t10?,11-/m1/s1/i2D3,3D3,4D3. The van der Waals surface area contributed by atoms with Crippen molar-refractivity contribution < 1.29 is 36.3 Å². The van der Waals surface area contributed by atoms with Gasteiger partial charge >= 0.3 is 11.9 Å².